The topological polar surface area (TPSA) is 99.6 Å². The first kappa shape index (κ1) is 23.0. The van der Waals surface area contributed by atoms with Crippen molar-refractivity contribution in [1.29, 1.82) is 0 Å². The molecule has 1 heterocycles. The first-order valence-electron chi connectivity index (χ1n) is 10.4. The number of methoxy groups -OCH3 is 1. The van der Waals surface area contributed by atoms with E-state index in [1.165, 1.54) is 4.57 Å². The van der Waals surface area contributed by atoms with E-state index in [-0.39, 0.29) is 31.0 Å². The Balaban J connectivity index is 1.91. The average Bonchev–Trinajstić information content (AvgIpc) is 2.77. The van der Waals surface area contributed by atoms with Crippen LogP contribution in [0.4, 0.5) is 5.82 Å². The van der Waals surface area contributed by atoms with Crippen molar-refractivity contribution in [3.8, 4) is 5.75 Å². The van der Waals surface area contributed by atoms with Crippen molar-refractivity contribution in [1.82, 2.24) is 14.0 Å². The van der Waals surface area contributed by atoms with Crippen LogP contribution in [0.5, 0.6) is 5.75 Å². The number of likely N-dealkylation sites (N-methyl/N-ethyl adjacent to an activating group) is 1. The van der Waals surface area contributed by atoms with Gasteiger partial charge in [-0.3, -0.25) is 23.6 Å². The molecule has 0 radical (unpaired) electrons. The Morgan fingerprint density at radius 2 is 1.72 bits per heavy atom. The lowest BCUT2D eigenvalue weighted by molar-refractivity contribution is 0.0941. The van der Waals surface area contributed by atoms with Crippen LogP contribution in [0, 0.1) is 0 Å². The molecule has 2 N–H and O–H groups in total. The molecule has 1 aromatic heterocycles. The summed E-state index contributed by atoms with van der Waals surface area (Å²) in [6.07, 6.45) is 0. The molecule has 32 heavy (non-hydrogen) atoms. The number of benzene rings is 2. The van der Waals surface area contributed by atoms with Gasteiger partial charge in [-0.25, -0.2) is 4.79 Å². The zero-order valence-corrected chi connectivity index (χ0v) is 18.6. The molecule has 0 aliphatic rings. The van der Waals surface area contributed by atoms with Gasteiger partial charge in [0.25, 0.3) is 5.56 Å². The number of ketones is 1. The van der Waals surface area contributed by atoms with Crippen LogP contribution in [0.2, 0.25) is 0 Å². The maximum absolute atomic E-state index is 13.1. The third kappa shape index (κ3) is 4.97. The monoisotopic (exact) mass is 436 g/mol. The summed E-state index contributed by atoms with van der Waals surface area (Å²) < 4.78 is 7.58. The quantitative estimate of drug-likeness (QED) is 0.515. The van der Waals surface area contributed by atoms with Crippen molar-refractivity contribution in [2.24, 2.45) is 0 Å². The Bertz CT molecular complexity index is 1210. The average molecular weight is 437 g/mol. The van der Waals surface area contributed by atoms with Gasteiger partial charge in [-0.2, -0.15) is 0 Å². The number of carbonyl (C=O) groups is 1. The Morgan fingerprint density at radius 1 is 1.03 bits per heavy atom. The summed E-state index contributed by atoms with van der Waals surface area (Å²) in [5.74, 6) is 0.195. The molecule has 3 rings (SSSR count). The van der Waals surface area contributed by atoms with Crippen LogP contribution in [-0.2, 0) is 19.6 Å². The van der Waals surface area contributed by atoms with Crippen molar-refractivity contribution in [3.63, 3.8) is 0 Å². The fourth-order valence-corrected chi connectivity index (χ4v) is 3.64. The van der Waals surface area contributed by atoms with Crippen LogP contribution in [0.25, 0.3) is 0 Å². The third-order valence-electron chi connectivity index (χ3n) is 5.25. The number of anilines is 1. The van der Waals surface area contributed by atoms with Crippen LogP contribution < -0.4 is 21.7 Å². The van der Waals surface area contributed by atoms with E-state index in [1.807, 2.05) is 54.6 Å². The van der Waals surface area contributed by atoms with Gasteiger partial charge < -0.3 is 10.5 Å². The third-order valence-corrected chi connectivity index (χ3v) is 5.25. The number of rotatable bonds is 9. The van der Waals surface area contributed by atoms with E-state index >= 15 is 0 Å². The van der Waals surface area contributed by atoms with E-state index in [1.54, 1.807) is 26.0 Å². The second-order valence-electron chi connectivity index (χ2n) is 7.61. The first-order valence-corrected chi connectivity index (χ1v) is 10.4. The molecule has 0 unspecified atom stereocenters. The Labute approximate surface area is 186 Å². The van der Waals surface area contributed by atoms with E-state index in [2.05, 4.69) is 0 Å². The SMILES string of the molecule is CCn1c(=O)c(C(=O)CN(C)Cc2cccc(OC)c2)c(N)n(Cc2ccccc2)c1=O. The lowest BCUT2D eigenvalue weighted by Crippen LogP contribution is -2.45. The minimum atomic E-state index is -0.654. The van der Waals surface area contributed by atoms with E-state index in [4.69, 9.17) is 10.5 Å². The molecule has 0 fully saturated rings. The van der Waals surface area contributed by atoms with Gasteiger partial charge in [-0.1, -0.05) is 42.5 Å². The summed E-state index contributed by atoms with van der Waals surface area (Å²) in [5.41, 5.74) is 6.69. The van der Waals surface area contributed by atoms with E-state index in [0.717, 1.165) is 21.4 Å². The highest BCUT2D eigenvalue weighted by molar-refractivity contribution is 6.01. The van der Waals surface area contributed by atoms with Gasteiger partial charge in [0.2, 0.25) is 0 Å². The lowest BCUT2D eigenvalue weighted by Gasteiger charge is -2.19. The maximum atomic E-state index is 13.1. The molecule has 3 aromatic rings. The molecule has 168 valence electrons. The molecular formula is C24H28N4O4. The molecule has 8 heteroatoms. The van der Waals surface area contributed by atoms with Crippen molar-refractivity contribution < 1.29 is 9.53 Å². The second kappa shape index (κ2) is 10.1. The van der Waals surface area contributed by atoms with E-state index < -0.39 is 17.0 Å². The summed E-state index contributed by atoms with van der Waals surface area (Å²) in [5, 5.41) is 0. The molecule has 0 bridgehead atoms. The normalized spacial score (nSPS) is 11.0. The number of carbonyl (C=O) groups excluding carboxylic acids is 1. The van der Waals surface area contributed by atoms with Gasteiger partial charge in [-0.15, -0.1) is 0 Å². The summed E-state index contributed by atoms with van der Waals surface area (Å²) in [7, 11) is 3.38. The molecule has 8 nitrogen and oxygen atoms in total. The van der Waals surface area contributed by atoms with Crippen LogP contribution in [0.3, 0.4) is 0 Å². The lowest BCUT2D eigenvalue weighted by atomic mass is 10.1. The van der Waals surface area contributed by atoms with Crippen LogP contribution in [-0.4, -0.2) is 40.5 Å². The summed E-state index contributed by atoms with van der Waals surface area (Å²) in [4.78, 5) is 40.7. The highest BCUT2D eigenvalue weighted by Crippen LogP contribution is 2.15. The minimum Gasteiger partial charge on any atom is -0.497 e. The van der Waals surface area contributed by atoms with Crippen molar-refractivity contribution in [3.05, 3.63) is 92.1 Å². The first-order chi connectivity index (χ1) is 15.3. The number of Topliss-reactive ketones (excluding diaryl/α,β-unsaturated/α-hetero) is 1. The van der Waals surface area contributed by atoms with Crippen molar-refractivity contribution >= 4 is 11.6 Å². The second-order valence-corrected chi connectivity index (χ2v) is 7.61. The number of hydrogen-bond acceptors (Lipinski definition) is 6. The number of aromatic nitrogens is 2. The smallest absolute Gasteiger partial charge is 0.332 e. The maximum Gasteiger partial charge on any atom is 0.332 e. The van der Waals surface area contributed by atoms with Gasteiger partial charge in [0.15, 0.2) is 5.78 Å². The summed E-state index contributed by atoms with van der Waals surface area (Å²) in [6.45, 7) is 2.46. The standard InChI is InChI=1S/C24H28N4O4/c1-4-27-23(30)21(22(25)28(24(27)31)15-17-9-6-5-7-10-17)20(29)16-26(2)14-18-11-8-12-19(13-18)32-3/h5-13H,4,14-16,25H2,1-3H3. The number of nitrogen functional groups attached to an aromatic ring is 1. The largest absolute Gasteiger partial charge is 0.497 e. The Hall–Kier alpha value is -3.65. The van der Waals surface area contributed by atoms with Gasteiger partial charge in [0, 0.05) is 13.1 Å². The van der Waals surface area contributed by atoms with Gasteiger partial charge in [0.05, 0.1) is 20.2 Å². The Morgan fingerprint density at radius 3 is 2.38 bits per heavy atom. The molecule has 0 saturated carbocycles. The van der Waals surface area contributed by atoms with Crippen molar-refractivity contribution in [2.45, 2.75) is 26.6 Å². The molecule has 0 atom stereocenters. The number of hydrogen-bond donors (Lipinski definition) is 1. The highest BCUT2D eigenvalue weighted by atomic mass is 16.5. The number of nitrogens with two attached hydrogens (primary N) is 1. The van der Waals surface area contributed by atoms with E-state index in [9.17, 15) is 14.4 Å². The fraction of sp³-hybridized carbons (Fsp3) is 0.292. The van der Waals surface area contributed by atoms with Crippen molar-refractivity contribution in [2.75, 3.05) is 26.4 Å². The van der Waals surface area contributed by atoms with Gasteiger partial charge in [-0.05, 0) is 37.2 Å². The molecule has 0 spiro atoms. The summed E-state index contributed by atoms with van der Waals surface area (Å²) >= 11 is 0. The molecule has 2 aromatic carbocycles. The molecular weight excluding hydrogens is 408 g/mol. The highest BCUT2D eigenvalue weighted by Gasteiger charge is 2.23. The van der Waals surface area contributed by atoms with Gasteiger partial charge in [0.1, 0.15) is 17.1 Å². The zero-order valence-electron chi connectivity index (χ0n) is 18.6. The molecule has 0 aliphatic carbocycles. The van der Waals surface area contributed by atoms with Crippen LogP contribution in [0.1, 0.15) is 28.4 Å². The van der Waals surface area contributed by atoms with Gasteiger partial charge >= 0.3 is 5.69 Å². The molecule has 0 aliphatic heterocycles. The number of nitrogens with zero attached hydrogens (tertiary/aromatic N) is 3. The molecule has 0 saturated heterocycles. The number of ether oxygens (including phenoxy) is 1. The van der Waals surface area contributed by atoms with Crippen LogP contribution in [0.15, 0.2) is 64.2 Å². The molecule has 0 amide bonds. The fourth-order valence-electron chi connectivity index (χ4n) is 3.64. The predicted octanol–water partition coefficient (Wildman–Crippen LogP) is 1.98. The minimum absolute atomic E-state index is 0.0239. The predicted molar refractivity (Wildman–Crippen MR) is 124 cm³/mol. The zero-order chi connectivity index (χ0) is 23.3. The van der Waals surface area contributed by atoms with E-state index in [0.29, 0.717) is 6.54 Å². The Kier molecular flexibility index (Phi) is 7.27. The van der Waals surface area contributed by atoms with Crippen LogP contribution >= 0.6 is 0 Å². The summed E-state index contributed by atoms with van der Waals surface area (Å²) in [6, 6.07) is 16.8.